The second-order valence-electron chi connectivity index (χ2n) is 4.46. The summed E-state index contributed by atoms with van der Waals surface area (Å²) in [5.74, 6) is 0.159. The third-order valence-corrected chi connectivity index (χ3v) is 3.12. The van der Waals surface area contributed by atoms with Gasteiger partial charge >= 0.3 is 0 Å². The van der Waals surface area contributed by atoms with Gasteiger partial charge in [-0.1, -0.05) is 18.2 Å². The van der Waals surface area contributed by atoms with Crippen LogP contribution in [0.1, 0.15) is 13.8 Å². The van der Waals surface area contributed by atoms with E-state index in [9.17, 15) is 9.90 Å². The van der Waals surface area contributed by atoms with Gasteiger partial charge in [0.25, 0.3) is 0 Å². The third kappa shape index (κ3) is 3.41. The first-order chi connectivity index (χ1) is 10.2. The summed E-state index contributed by atoms with van der Waals surface area (Å²) in [5, 5.41) is 9.83. The predicted octanol–water partition coefficient (Wildman–Crippen LogP) is 1.63. The van der Waals surface area contributed by atoms with Crippen molar-refractivity contribution in [3.8, 4) is 16.9 Å². The molecule has 1 N–H and O–H groups in total. The Labute approximate surface area is 122 Å². The molecule has 0 bridgehead atoms. The maximum Gasteiger partial charge on any atom is 0.200 e. The van der Waals surface area contributed by atoms with E-state index in [4.69, 9.17) is 9.15 Å². The smallest absolute Gasteiger partial charge is 0.200 e. The van der Waals surface area contributed by atoms with Crippen molar-refractivity contribution in [3.63, 3.8) is 0 Å². The Bertz CT molecular complexity index is 770. The molecule has 2 rings (SSSR count). The highest BCUT2D eigenvalue weighted by atomic mass is 16.5. The molecule has 110 valence electrons. The van der Waals surface area contributed by atoms with Gasteiger partial charge in [-0.25, -0.2) is 0 Å². The van der Waals surface area contributed by atoms with Gasteiger partial charge < -0.3 is 14.3 Å². The summed E-state index contributed by atoms with van der Waals surface area (Å²) in [7, 11) is 0. The van der Waals surface area contributed by atoms with Crippen molar-refractivity contribution >= 4 is 12.2 Å². The molecule has 2 aromatic rings. The van der Waals surface area contributed by atoms with Crippen molar-refractivity contribution in [2.75, 3.05) is 13.2 Å². The van der Waals surface area contributed by atoms with Crippen LogP contribution in [0.2, 0.25) is 0 Å². The molecule has 0 spiro atoms. The van der Waals surface area contributed by atoms with Gasteiger partial charge in [0, 0.05) is 6.61 Å². The molecule has 0 saturated carbocycles. The van der Waals surface area contributed by atoms with E-state index in [1.165, 1.54) is 6.26 Å². The molecule has 0 amide bonds. The SMILES string of the molecule is C/C=c1/c(=O)c(-c2ccc(O)cc2)co/c1=C/COCC. The van der Waals surface area contributed by atoms with Crippen molar-refractivity contribution in [3.05, 3.63) is 51.4 Å². The summed E-state index contributed by atoms with van der Waals surface area (Å²) in [6.07, 6.45) is 4.92. The van der Waals surface area contributed by atoms with Crippen LogP contribution < -0.4 is 16.1 Å². The van der Waals surface area contributed by atoms with Crippen LogP contribution in [-0.4, -0.2) is 18.3 Å². The number of hydrogen-bond acceptors (Lipinski definition) is 4. The topological polar surface area (TPSA) is 59.7 Å². The zero-order valence-electron chi connectivity index (χ0n) is 12.1. The zero-order chi connectivity index (χ0) is 15.2. The van der Waals surface area contributed by atoms with Crippen molar-refractivity contribution in [2.24, 2.45) is 0 Å². The van der Waals surface area contributed by atoms with Crippen LogP contribution in [0.4, 0.5) is 0 Å². The minimum absolute atomic E-state index is 0.0998. The molecular formula is C17H18O4. The van der Waals surface area contributed by atoms with Gasteiger partial charge in [0.2, 0.25) is 0 Å². The first kappa shape index (κ1) is 15.1. The van der Waals surface area contributed by atoms with Crippen molar-refractivity contribution in [1.82, 2.24) is 0 Å². The molecule has 1 aromatic carbocycles. The average molecular weight is 286 g/mol. The van der Waals surface area contributed by atoms with Gasteiger partial charge in [0.1, 0.15) is 17.4 Å². The van der Waals surface area contributed by atoms with E-state index in [2.05, 4.69) is 0 Å². The zero-order valence-corrected chi connectivity index (χ0v) is 12.1. The van der Waals surface area contributed by atoms with E-state index in [-0.39, 0.29) is 11.2 Å². The second-order valence-corrected chi connectivity index (χ2v) is 4.46. The van der Waals surface area contributed by atoms with Crippen LogP contribution in [0.15, 0.2) is 39.7 Å². The Hall–Kier alpha value is -2.33. The summed E-state index contributed by atoms with van der Waals surface area (Å²) < 4.78 is 10.8. The number of phenolic OH excluding ortho intramolecular Hbond substituents is 1. The van der Waals surface area contributed by atoms with E-state index in [0.29, 0.717) is 35.0 Å². The van der Waals surface area contributed by atoms with Gasteiger partial charge in [0.15, 0.2) is 5.43 Å². The first-order valence-corrected chi connectivity index (χ1v) is 6.83. The van der Waals surface area contributed by atoms with Crippen LogP contribution in [0.25, 0.3) is 23.3 Å². The fourth-order valence-electron chi connectivity index (χ4n) is 2.02. The number of phenols is 1. The summed E-state index contributed by atoms with van der Waals surface area (Å²) in [5.41, 5.74) is 1.59. The maximum atomic E-state index is 12.5. The van der Waals surface area contributed by atoms with Crippen LogP contribution >= 0.6 is 0 Å². The Morgan fingerprint density at radius 3 is 2.62 bits per heavy atom. The average Bonchev–Trinajstić information content (AvgIpc) is 2.49. The van der Waals surface area contributed by atoms with Crippen LogP contribution in [0.5, 0.6) is 5.75 Å². The normalized spacial score (nSPS) is 12.9. The summed E-state index contributed by atoms with van der Waals surface area (Å²) in [6, 6.07) is 6.45. The third-order valence-electron chi connectivity index (χ3n) is 3.12. The molecule has 4 nitrogen and oxygen atoms in total. The lowest BCUT2D eigenvalue weighted by atomic mass is 10.1. The van der Waals surface area contributed by atoms with Crippen LogP contribution in [0, 0.1) is 0 Å². The maximum absolute atomic E-state index is 12.5. The largest absolute Gasteiger partial charge is 0.508 e. The molecule has 0 aliphatic carbocycles. The molecule has 0 aliphatic heterocycles. The molecule has 1 aromatic heterocycles. The van der Waals surface area contributed by atoms with Gasteiger partial charge in [-0.3, -0.25) is 4.79 Å². The fourth-order valence-corrected chi connectivity index (χ4v) is 2.02. The van der Waals surface area contributed by atoms with E-state index in [1.807, 2.05) is 6.92 Å². The van der Waals surface area contributed by atoms with Crippen molar-refractivity contribution in [1.29, 1.82) is 0 Å². The van der Waals surface area contributed by atoms with E-state index in [0.717, 1.165) is 0 Å². The van der Waals surface area contributed by atoms with E-state index < -0.39 is 0 Å². The van der Waals surface area contributed by atoms with Gasteiger partial charge in [-0.05, 0) is 37.6 Å². The predicted molar refractivity (Wildman–Crippen MR) is 82.4 cm³/mol. The van der Waals surface area contributed by atoms with Crippen molar-refractivity contribution in [2.45, 2.75) is 13.8 Å². The van der Waals surface area contributed by atoms with Crippen molar-refractivity contribution < 1.29 is 14.3 Å². The highest BCUT2D eigenvalue weighted by molar-refractivity contribution is 5.63. The molecule has 0 fully saturated rings. The lowest BCUT2D eigenvalue weighted by Gasteiger charge is -2.01. The number of hydrogen-bond donors (Lipinski definition) is 1. The molecule has 0 atom stereocenters. The number of aromatic hydroxyl groups is 1. The minimum atomic E-state index is -0.0998. The highest BCUT2D eigenvalue weighted by Gasteiger charge is 2.06. The monoisotopic (exact) mass is 286 g/mol. The summed E-state index contributed by atoms with van der Waals surface area (Å²) in [4.78, 5) is 12.5. The van der Waals surface area contributed by atoms with Crippen LogP contribution in [-0.2, 0) is 4.74 Å². The van der Waals surface area contributed by atoms with Crippen LogP contribution in [0.3, 0.4) is 0 Å². The highest BCUT2D eigenvalue weighted by Crippen LogP contribution is 2.17. The van der Waals surface area contributed by atoms with Gasteiger partial charge in [0.05, 0.1) is 17.4 Å². The molecule has 21 heavy (non-hydrogen) atoms. The molecular weight excluding hydrogens is 268 g/mol. The van der Waals surface area contributed by atoms with Gasteiger partial charge in [-0.2, -0.15) is 0 Å². The fraction of sp³-hybridized carbons (Fsp3) is 0.235. The summed E-state index contributed by atoms with van der Waals surface area (Å²) in [6.45, 7) is 4.71. The Balaban J connectivity index is 2.55. The van der Waals surface area contributed by atoms with E-state index >= 15 is 0 Å². The standard InChI is InChI=1S/C17H18O4/c1-3-14-16(9-10-20-4-2)21-11-15(17(14)19)12-5-7-13(18)8-6-12/h3,5-9,11,18H,4,10H2,1-2H3/b14-3+,16-9+. The number of ether oxygens (including phenoxy) is 1. The van der Waals surface area contributed by atoms with Gasteiger partial charge in [-0.15, -0.1) is 0 Å². The number of rotatable bonds is 4. The Morgan fingerprint density at radius 2 is 2.00 bits per heavy atom. The molecule has 4 heteroatoms. The second kappa shape index (κ2) is 6.90. The lowest BCUT2D eigenvalue weighted by molar-refractivity contribution is 0.184. The molecule has 0 aliphatic rings. The summed E-state index contributed by atoms with van der Waals surface area (Å²) >= 11 is 0. The molecule has 0 saturated heterocycles. The number of benzene rings is 1. The molecule has 1 heterocycles. The molecule has 0 unspecified atom stereocenters. The lowest BCUT2D eigenvalue weighted by Crippen LogP contribution is -2.39. The van der Waals surface area contributed by atoms with E-state index in [1.54, 1.807) is 43.3 Å². The first-order valence-electron chi connectivity index (χ1n) is 6.83. The minimum Gasteiger partial charge on any atom is -0.508 e. The molecule has 0 radical (unpaired) electrons. The quantitative estimate of drug-likeness (QED) is 0.868. The Morgan fingerprint density at radius 1 is 1.29 bits per heavy atom. The Kier molecular flexibility index (Phi) is 4.95.